The molecular formula is C46H72O2. The molecule has 0 bridgehead atoms. The normalized spacial score (nSPS) is 25.9. The molecule has 0 N–H and O–H groups in total. The zero-order chi connectivity index (χ0) is 34.2. The lowest BCUT2D eigenvalue weighted by Crippen LogP contribution is -2.25. The molecule has 0 aliphatic heterocycles. The highest BCUT2D eigenvalue weighted by atomic mass is 16.5. The first-order valence-corrected chi connectivity index (χ1v) is 19.8. The van der Waals surface area contributed by atoms with E-state index in [0.717, 1.165) is 53.6 Å². The molecule has 0 spiro atoms. The van der Waals surface area contributed by atoms with Gasteiger partial charge in [-0.2, -0.15) is 0 Å². The average molecular weight is 657 g/mol. The van der Waals surface area contributed by atoms with Gasteiger partial charge in [0.15, 0.2) is 0 Å². The first-order valence-electron chi connectivity index (χ1n) is 19.8. The molecule has 0 aromatic heterocycles. The fraction of sp³-hybridized carbons (Fsp3) is 0.609. The fourth-order valence-corrected chi connectivity index (χ4v) is 9.18. The Morgan fingerprint density at radius 2 is 0.958 bits per heavy atom. The third-order valence-corrected chi connectivity index (χ3v) is 12.8. The van der Waals surface area contributed by atoms with Crippen LogP contribution in [0.2, 0.25) is 0 Å². The standard InChI is InChI=1S/C23H36O.C23H30O.3H2/c2*1-5-24-23-15-14-22(17(3)18(23)4)21-12-10-20(11-13-21)19-8-6-16(2)7-9-19;;;/h14-16,19-21H,5-13H2,1-4H3;10-16,19H,5-9H2,1-4H3;3*1H. The van der Waals surface area contributed by atoms with Crippen LogP contribution in [0, 0.1) is 51.4 Å². The van der Waals surface area contributed by atoms with Gasteiger partial charge in [-0.3, -0.25) is 0 Å². The summed E-state index contributed by atoms with van der Waals surface area (Å²) in [6.07, 6.45) is 17.1. The number of rotatable bonds is 8. The number of benzene rings is 3. The Bertz CT molecular complexity index is 1440. The van der Waals surface area contributed by atoms with Crippen LogP contribution < -0.4 is 9.47 Å². The molecule has 3 aromatic rings. The Balaban J connectivity index is 0.000000334. The molecule has 3 saturated carbocycles. The third-order valence-electron chi connectivity index (χ3n) is 12.8. The van der Waals surface area contributed by atoms with Crippen LogP contribution in [0.15, 0.2) is 48.5 Å². The average Bonchev–Trinajstić information content (AvgIpc) is 3.10. The maximum Gasteiger partial charge on any atom is 0.122 e. The van der Waals surface area contributed by atoms with E-state index in [0.29, 0.717) is 6.61 Å². The smallest absolute Gasteiger partial charge is 0.122 e. The zero-order valence-electron chi connectivity index (χ0n) is 31.8. The highest BCUT2D eigenvalue weighted by molar-refractivity contribution is 5.70. The predicted molar refractivity (Wildman–Crippen MR) is 212 cm³/mol. The molecule has 3 aromatic carbocycles. The van der Waals surface area contributed by atoms with Crippen molar-refractivity contribution in [2.75, 3.05) is 13.2 Å². The summed E-state index contributed by atoms with van der Waals surface area (Å²) >= 11 is 0. The van der Waals surface area contributed by atoms with E-state index < -0.39 is 0 Å². The van der Waals surface area contributed by atoms with Gasteiger partial charge in [-0.25, -0.2) is 0 Å². The number of hydrogen-bond acceptors (Lipinski definition) is 2. The lowest BCUT2D eigenvalue weighted by Gasteiger charge is -2.37. The van der Waals surface area contributed by atoms with E-state index >= 15 is 0 Å². The van der Waals surface area contributed by atoms with E-state index in [-0.39, 0.29) is 4.28 Å². The zero-order valence-corrected chi connectivity index (χ0v) is 31.8. The summed E-state index contributed by atoms with van der Waals surface area (Å²) in [5, 5.41) is 0. The highest BCUT2D eigenvalue weighted by Crippen LogP contribution is 2.45. The van der Waals surface area contributed by atoms with Crippen LogP contribution in [0.25, 0.3) is 11.1 Å². The Labute approximate surface area is 298 Å². The van der Waals surface area contributed by atoms with Crippen LogP contribution >= 0.6 is 0 Å². The second-order valence-corrected chi connectivity index (χ2v) is 15.8. The maximum atomic E-state index is 5.76. The summed E-state index contributed by atoms with van der Waals surface area (Å²) in [6.45, 7) is 19.3. The van der Waals surface area contributed by atoms with Gasteiger partial charge in [0.05, 0.1) is 13.2 Å². The Morgan fingerprint density at radius 1 is 0.500 bits per heavy atom. The van der Waals surface area contributed by atoms with Gasteiger partial charge in [0, 0.05) is 4.28 Å². The molecule has 3 fully saturated rings. The van der Waals surface area contributed by atoms with Crippen LogP contribution in [0.1, 0.15) is 154 Å². The maximum absolute atomic E-state index is 5.76. The predicted octanol–water partition coefficient (Wildman–Crippen LogP) is 14.2. The van der Waals surface area contributed by atoms with E-state index in [1.807, 2.05) is 6.92 Å². The fourth-order valence-electron chi connectivity index (χ4n) is 9.18. The van der Waals surface area contributed by atoms with E-state index in [1.165, 1.54) is 116 Å². The van der Waals surface area contributed by atoms with Crippen molar-refractivity contribution in [1.82, 2.24) is 0 Å². The van der Waals surface area contributed by atoms with Gasteiger partial charge in [0.2, 0.25) is 0 Å². The molecular weight excluding hydrogens is 585 g/mol. The minimum absolute atomic E-state index is 0. The molecule has 0 saturated heterocycles. The molecule has 2 heteroatoms. The largest absolute Gasteiger partial charge is 0.494 e. The second kappa shape index (κ2) is 17.3. The second-order valence-electron chi connectivity index (χ2n) is 15.8. The lowest BCUT2D eigenvalue weighted by atomic mass is 9.68. The molecule has 48 heavy (non-hydrogen) atoms. The van der Waals surface area contributed by atoms with Crippen molar-refractivity contribution >= 4 is 0 Å². The van der Waals surface area contributed by atoms with Gasteiger partial charge in [0.25, 0.3) is 0 Å². The van der Waals surface area contributed by atoms with Gasteiger partial charge >= 0.3 is 0 Å². The summed E-state index contributed by atoms with van der Waals surface area (Å²) < 4.78 is 11.5. The molecule has 2 nitrogen and oxygen atoms in total. The lowest BCUT2D eigenvalue weighted by molar-refractivity contribution is 0.165. The van der Waals surface area contributed by atoms with E-state index in [2.05, 4.69) is 97.0 Å². The van der Waals surface area contributed by atoms with Crippen molar-refractivity contribution < 1.29 is 13.8 Å². The molecule has 3 aliphatic rings. The quantitative estimate of drug-likeness (QED) is 0.240. The topological polar surface area (TPSA) is 18.5 Å². The van der Waals surface area contributed by atoms with Gasteiger partial charge < -0.3 is 9.47 Å². The van der Waals surface area contributed by atoms with Crippen molar-refractivity contribution in [3.8, 4) is 22.6 Å². The van der Waals surface area contributed by atoms with E-state index in [1.54, 1.807) is 5.56 Å². The first kappa shape index (κ1) is 36.5. The molecule has 6 rings (SSSR count). The monoisotopic (exact) mass is 657 g/mol. The van der Waals surface area contributed by atoms with Crippen molar-refractivity contribution in [3.05, 3.63) is 81.9 Å². The van der Waals surface area contributed by atoms with Crippen molar-refractivity contribution in [2.45, 2.75) is 144 Å². The van der Waals surface area contributed by atoms with Crippen LogP contribution in [0.4, 0.5) is 0 Å². The van der Waals surface area contributed by atoms with E-state index in [4.69, 9.17) is 9.47 Å². The summed E-state index contributed by atoms with van der Waals surface area (Å²) in [6, 6.07) is 18.2. The third kappa shape index (κ3) is 8.88. The Morgan fingerprint density at radius 3 is 1.50 bits per heavy atom. The summed E-state index contributed by atoms with van der Waals surface area (Å²) in [4.78, 5) is 0. The molecule has 0 unspecified atom stereocenters. The van der Waals surface area contributed by atoms with Crippen molar-refractivity contribution in [3.63, 3.8) is 0 Å². The molecule has 0 heterocycles. The Kier molecular flexibility index (Phi) is 13.1. The highest BCUT2D eigenvalue weighted by Gasteiger charge is 2.31. The van der Waals surface area contributed by atoms with Crippen molar-refractivity contribution in [2.24, 2.45) is 23.7 Å². The SMILES string of the molecule is CCOc1ccc(-c2ccc(C3CCC(C)CC3)cc2)c(C)c1C.CCOc1ccc(C2CCC(C3CCC(C)CC3)CC2)c(C)c1C.[HH].[HH].[HH]. The first-order chi connectivity index (χ1) is 23.2. The molecule has 0 atom stereocenters. The Hall–Kier alpha value is -2.74. The van der Waals surface area contributed by atoms with Gasteiger partial charge in [-0.1, -0.05) is 75.9 Å². The summed E-state index contributed by atoms with van der Waals surface area (Å²) in [7, 11) is 0. The van der Waals surface area contributed by atoms with E-state index in [9.17, 15) is 0 Å². The van der Waals surface area contributed by atoms with Crippen LogP contribution in [-0.4, -0.2) is 13.2 Å². The molecule has 0 radical (unpaired) electrons. The minimum Gasteiger partial charge on any atom is -0.494 e. The molecule has 0 amide bonds. The van der Waals surface area contributed by atoms with Gasteiger partial charge in [-0.05, 0) is 185 Å². The minimum atomic E-state index is 0. The van der Waals surface area contributed by atoms with Gasteiger partial charge in [0.1, 0.15) is 11.5 Å². The van der Waals surface area contributed by atoms with Gasteiger partial charge in [-0.15, -0.1) is 0 Å². The summed E-state index contributed by atoms with van der Waals surface area (Å²) in [5.41, 5.74) is 11.1. The van der Waals surface area contributed by atoms with Crippen LogP contribution in [0.5, 0.6) is 11.5 Å². The van der Waals surface area contributed by atoms with Crippen molar-refractivity contribution in [1.29, 1.82) is 0 Å². The van der Waals surface area contributed by atoms with Crippen LogP contribution in [-0.2, 0) is 0 Å². The molecule has 268 valence electrons. The number of ether oxygens (including phenoxy) is 2. The van der Waals surface area contributed by atoms with Crippen LogP contribution in [0.3, 0.4) is 0 Å². The molecule has 3 aliphatic carbocycles. The summed E-state index contributed by atoms with van der Waals surface area (Å²) in [5.74, 6) is 7.55. The number of hydrogen-bond donors (Lipinski definition) is 0.